The van der Waals surface area contributed by atoms with E-state index in [-0.39, 0.29) is 6.04 Å². The Morgan fingerprint density at radius 1 is 1.20 bits per heavy atom. The third-order valence-electron chi connectivity index (χ3n) is 3.18. The summed E-state index contributed by atoms with van der Waals surface area (Å²) in [5.41, 5.74) is 6.27. The van der Waals surface area contributed by atoms with E-state index >= 15 is 0 Å². The van der Waals surface area contributed by atoms with Gasteiger partial charge in [0.15, 0.2) is 0 Å². The highest BCUT2D eigenvalue weighted by Crippen LogP contribution is 2.27. The average Bonchev–Trinajstić information content (AvgIpc) is 2.44. The lowest BCUT2D eigenvalue weighted by molar-refractivity contribution is 0.339. The fourth-order valence-corrected chi connectivity index (χ4v) is 2.43. The van der Waals surface area contributed by atoms with Crippen molar-refractivity contribution in [2.45, 2.75) is 19.9 Å². The zero-order valence-corrected chi connectivity index (χ0v) is 13.3. The van der Waals surface area contributed by atoms with Crippen LogP contribution in [-0.2, 0) is 0 Å². The zero-order valence-electron chi connectivity index (χ0n) is 11.7. The Morgan fingerprint density at radius 2 is 1.95 bits per heavy atom. The van der Waals surface area contributed by atoms with Gasteiger partial charge in [0.2, 0.25) is 0 Å². The van der Waals surface area contributed by atoms with Crippen molar-refractivity contribution in [1.82, 2.24) is 5.43 Å². The maximum absolute atomic E-state index is 5.75. The van der Waals surface area contributed by atoms with Crippen LogP contribution in [0.25, 0.3) is 0 Å². The molecule has 2 rings (SSSR count). The highest BCUT2D eigenvalue weighted by atomic mass is 79.9. The maximum Gasteiger partial charge on any atom is 0.119 e. The summed E-state index contributed by atoms with van der Waals surface area (Å²) in [6.07, 6.45) is 0. The number of benzene rings is 2. The second-order valence-corrected chi connectivity index (χ2v) is 5.47. The normalized spacial score (nSPS) is 12.2. The SMILES string of the molecule is CCOc1cccc(C(NN)c2ccc(Br)c(C)c2)c1. The summed E-state index contributed by atoms with van der Waals surface area (Å²) in [4.78, 5) is 0. The summed E-state index contributed by atoms with van der Waals surface area (Å²) in [7, 11) is 0. The molecule has 4 heteroatoms. The summed E-state index contributed by atoms with van der Waals surface area (Å²) >= 11 is 3.52. The van der Waals surface area contributed by atoms with E-state index in [1.165, 1.54) is 5.56 Å². The van der Waals surface area contributed by atoms with Gasteiger partial charge in [0, 0.05) is 4.47 Å². The van der Waals surface area contributed by atoms with Gasteiger partial charge in [-0.2, -0.15) is 0 Å². The molecule has 0 heterocycles. The molecule has 2 aromatic carbocycles. The van der Waals surface area contributed by atoms with E-state index in [0.29, 0.717) is 6.61 Å². The first-order chi connectivity index (χ1) is 9.65. The van der Waals surface area contributed by atoms with Crippen LogP contribution in [0.15, 0.2) is 46.9 Å². The Kier molecular flexibility index (Phi) is 5.17. The molecule has 20 heavy (non-hydrogen) atoms. The predicted octanol–water partition coefficient (Wildman–Crippen LogP) is 3.71. The second kappa shape index (κ2) is 6.88. The van der Waals surface area contributed by atoms with Crippen molar-refractivity contribution in [2.24, 2.45) is 5.84 Å². The number of nitrogens with one attached hydrogen (secondary N) is 1. The Bertz CT molecular complexity index is 586. The summed E-state index contributed by atoms with van der Waals surface area (Å²) in [6.45, 7) is 4.70. The topological polar surface area (TPSA) is 47.3 Å². The van der Waals surface area contributed by atoms with Crippen LogP contribution in [-0.4, -0.2) is 6.61 Å². The van der Waals surface area contributed by atoms with Gasteiger partial charge in [-0.05, 0) is 48.7 Å². The zero-order chi connectivity index (χ0) is 14.5. The van der Waals surface area contributed by atoms with E-state index in [4.69, 9.17) is 10.6 Å². The van der Waals surface area contributed by atoms with Crippen molar-refractivity contribution in [1.29, 1.82) is 0 Å². The summed E-state index contributed by atoms with van der Waals surface area (Å²) in [6, 6.07) is 14.2. The minimum atomic E-state index is -0.0535. The van der Waals surface area contributed by atoms with Crippen LogP contribution in [0.4, 0.5) is 0 Å². The van der Waals surface area contributed by atoms with Crippen molar-refractivity contribution >= 4 is 15.9 Å². The Balaban J connectivity index is 2.36. The standard InChI is InChI=1S/C16H19BrN2O/c1-3-20-14-6-4-5-12(10-14)16(19-18)13-7-8-15(17)11(2)9-13/h4-10,16,19H,3,18H2,1-2H3. The molecule has 0 aliphatic heterocycles. The third-order valence-corrected chi connectivity index (χ3v) is 4.07. The number of rotatable bonds is 5. The molecule has 1 atom stereocenters. The molecule has 0 bridgehead atoms. The summed E-state index contributed by atoms with van der Waals surface area (Å²) in [5, 5.41) is 0. The number of ether oxygens (including phenoxy) is 1. The molecule has 0 amide bonds. The molecular weight excluding hydrogens is 316 g/mol. The molecule has 0 radical (unpaired) electrons. The molecule has 0 fully saturated rings. The van der Waals surface area contributed by atoms with Crippen molar-refractivity contribution in [3.63, 3.8) is 0 Å². The largest absolute Gasteiger partial charge is 0.494 e. The minimum Gasteiger partial charge on any atom is -0.494 e. The lowest BCUT2D eigenvalue weighted by Crippen LogP contribution is -2.28. The number of halogens is 1. The minimum absolute atomic E-state index is 0.0535. The molecule has 3 N–H and O–H groups in total. The van der Waals surface area contributed by atoms with E-state index in [1.54, 1.807) is 0 Å². The quantitative estimate of drug-likeness (QED) is 0.647. The fraction of sp³-hybridized carbons (Fsp3) is 0.250. The highest BCUT2D eigenvalue weighted by Gasteiger charge is 2.13. The Hall–Kier alpha value is -1.36. The van der Waals surface area contributed by atoms with Crippen LogP contribution in [0.3, 0.4) is 0 Å². The van der Waals surface area contributed by atoms with Gasteiger partial charge >= 0.3 is 0 Å². The summed E-state index contributed by atoms with van der Waals surface area (Å²) in [5.74, 6) is 6.61. The van der Waals surface area contributed by atoms with Crippen molar-refractivity contribution in [3.8, 4) is 5.75 Å². The van der Waals surface area contributed by atoms with Crippen LogP contribution in [0.1, 0.15) is 29.7 Å². The van der Waals surface area contributed by atoms with Gasteiger partial charge < -0.3 is 4.74 Å². The first-order valence-corrected chi connectivity index (χ1v) is 7.40. The van der Waals surface area contributed by atoms with Crippen molar-refractivity contribution < 1.29 is 4.74 Å². The molecule has 3 nitrogen and oxygen atoms in total. The first kappa shape index (κ1) is 15.0. The van der Waals surface area contributed by atoms with Gasteiger partial charge in [-0.15, -0.1) is 0 Å². The van der Waals surface area contributed by atoms with E-state index < -0.39 is 0 Å². The maximum atomic E-state index is 5.75. The van der Waals surface area contributed by atoms with Gasteiger partial charge in [0.05, 0.1) is 12.6 Å². The van der Waals surface area contributed by atoms with Gasteiger partial charge in [0.25, 0.3) is 0 Å². The number of hydrazine groups is 1. The van der Waals surface area contributed by atoms with E-state index in [1.807, 2.05) is 37.3 Å². The van der Waals surface area contributed by atoms with E-state index in [9.17, 15) is 0 Å². The van der Waals surface area contributed by atoms with Crippen molar-refractivity contribution in [2.75, 3.05) is 6.61 Å². The average molecular weight is 335 g/mol. The van der Waals surface area contributed by atoms with Gasteiger partial charge in [-0.25, -0.2) is 5.43 Å². The Morgan fingerprint density at radius 3 is 2.60 bits per heavy atom. The van der Waals surface area contributed by atoms with Crippen LogP contribution in [0, 0.1) is 6.92 Å². The highest BCUT2D eigenvalue weighted by molar-refractivity contribution is 9.10. The van der Waals surface area contributed by atoms with Gasteiger partial charge in [0.1, 0.15) is 5.75 Å². The van der Waals surface area contributed by atoms with Crippen LogP contribution in [0.2, 0.25) is 0 Å². The fourth-order valence-electron chi connectivity index (χ4n) is 2.18. The van der Waals surface area contributed by atoms with Crippen LogP contribution >= 0.6 is 15.9 Å². The third kappa shape index (κ3) is 3.39. The molecule has 2 aromatic rings. The van der Waals surface area contributed by atoms with E-state index in [2.05, 4.69) is 40.4 Å². The van der Waals surface area contributed by atoms with Gasteiger partial charge in [-0.1, -0.05) is 40.2 Å². The number of aryl methyl sites for hydroxylation is 1. The van der Waals surface area contributed by atoms with Crippen molar-refractivity contribution in [3.05, 3.63) is 63.6 Å². The molecule has 0 spiro atoms. The predicted molar refractivity (Wildman–Crippen MR) is 85.7 cm³/mol. The number of hydrogen-bond acceptors (Lipinski definition) is 3. The lowest BCUT2D eigenvalue weighted by Gasteiger charge is -2.18. The smallest absolute Gasteiger partial charge is 0.119 e. The molecule has 0 saturated heterocycles. The number of nitrogens with two attached hydrogens (primary N) is 1. The lowest BCUT2D eigenvalue weighted by atomic mass is 9.98. The van der Waals surface area contributed by atoms with Crippen LogP contribution in [0.5, 0.6) is 5.75 Å². The Labute approximate surface area is 128 Å². The van der Waals surface area contributed by atoms with Crippen LogP contribution < -0.4 is 16.0 Å². The molecule has 0 aliphatic carbocycles. The molecule has 1 unspecified atom stereocenters. The second-order valence-electron chi connectivity index (χ2n) is 4.61. The molecule has 0 aromatic heterocycles. The summed E-state index contributed by atoms with van der Waals surface area (Å²) < 4.78 is 6.64. The van der Waals surface area contributed by atoms with Gasteiger partial charge in [-0.3, -0.25) is 5.84 Å². The molecular formula is C16H19BrN2O. The molecule has 106 valence electrons. The first-order valence-electron chi connectivity index (χ1n) is 6.60. The molecule has 0 aliphatic rings. The molecule has 0 saturated carbocycles. The number of hydrogen-bond donors (Lipinski definition) is 2. The monoisotopic (exact) mass is 334 g/mol. The van der Waals surface area contributed by atoms with E-state index in [0.717, 1.165) is 21.3 Å².